The third-order valence-electron chi connectivity index (χ3n) is 4.15. The van der Waals surface area contributed by atoms with Gasteiger partial charge in [0.25, 0.3) is 5.97 Å². The van der Waals surface area contributed by atoms with Crippen LogP contribution in [0.3, 0.4) is 0 Å². The first-order valence-electron chi connectivity index (χ1n) is 9.37. The Kier molecular flexibility index (Phi) is 11.4. The molecule has 1 aliphatic heterocycles. The summed E-state index contributed by atoms with van der Waals surface area (Å²) in [7, 11) is 0. The molecule has 0 aliphatic carbocycles. The molecule has 30 heavy (non-hydrogen) atoms. The molecule has 0 fully saturated rings. The van der Waals surface area contributed by atoms with Gasteiger partial charge >= 0.3 is 17.1 Å². The first kappa shape index (κ1) is 25.4. The van der Waals surface area contributed by atoms with Crippen molar-refractivity contribution in [3.8, 4) is 11.5 Å². The molecule has 2 aromatic rings. The number of carbonyl (C=O) groups is 1. The van der Waals surface area contributed by atoms with Crippen molar-refractivity contribution in [2.24, 2.45) is 9.98 Å². The van der Waals surface area contributed by atoms with Gasteiger partial charge in [-0.15, -0.1) is 0 Å². The van der Waals surface area contributed by atoms with Crippen molar-refractivity contribution in [2.75, 3.05) is 26.3 Å². The molecule has 0 saturated carbocycles. The van der Waals surface area contributed by atoms with E-state index in [0.717, 1.165) is 18.1 Å². The van der Waals surface area contributed by atoms with Gasteiger partial charge in [0.1, 0.15) is 11.5 Å². The normalized spacial score (nSPS) is 13.9. The third-order valence-corrected chi connectivity index (χ3v) is 4.15. The average Bonchev–Trinajstić information content (AvgIpc) is 2.67. The van der Waals surface area contributed by atoms with Crippen molar-refractivity contribution in [3.63, 3.8) is 0 Å². The quantitative estimate of drug-likeness (QED) is 0.531. The summed E-state index contributed by atoms with van der Waals surface area (Å²) in [5.41, 5.74) is 3.09. The molecule has 2 aromatic carbocycles. The van der Waals surface area contributed by atoms with Crippen LogP contribution in [-0.4, -0.2) is 60.0 Å². The van der Waals surface area contributed by atoms with E-state index in [1.54, 1.807) is 12.4 Å². The number of nitrogens with zero attached hydrogens (tertiary/aromatic N) is 2. The van der Waals surface area contributed by atoms with Crippen molar-refractivity contribution < 1.29 is 41.9 Å². The van der Waals surface area contributed by atoms with E-state index < -0.39 is 5.97 Å². The molecule has 1 heterocycles. The number of aromatic hydroxyl groups is 2. The minimum Gasteiger partial charge on any atom is -0.507 e. The molecule has 7 nitrogen and oxygen atoms in total. The first-order chi connectivity index (χ1) is 14.0. The van der Waals surface area contributed by atoms with Gasteiger partial charge in [-0.2, -0.15) is 0 Å². The number of phenols is 2. The maximum absolute atomic E-state index is 10.3. The molecule has 0 aromatic heterocycles. The van der Waals surface area contributed by atoms with E-state index in [4.69, 9.17) is 14.6 Å². The Morgan fingerprint density at radius 2 is 1.27 bits per heavy atom. The predicted octanol–water partition coefficient (Wildman–Crippen LogP) is 2.84. The second kappa shape index (κ2) is 13.5. The number of phenolic OH excluding ortho intramolecular Hbond substituents is 2. The number of hydrogen-bond acceptors (Lipinski definition) is 6. The number of hydrogen-bond donors (Lipinski definition) is 3. The van der Waals surface area contributed by atoms with Gasteiger partial charge in [0.15, 0.2) is 0 Å². The second-order valence-corrected chi connectivity index (χ2v) is 6.41. The number of para-hydroxylation sites is 2. The molecule has 0 spiro atoms. The predicted molar refractivity (Wildman–Crippen MR) is 113 cm³/mol. The molecule has 3 rings (SSSR count). The standard InChI is InChI=1S/C20H22N2O3.C2H4O2.Mn/c23-19-15-3-1-5-17(19)13-21-9-10-22-14-18-6-2-4-16(20(18)24)8-12-25-11-7-15;1-2(3)4;/h1-6,13-14,23-24H,7-12H2;1H3,(H,3,4);/q;;+2. The Bertz CT molecular complexity index is 814. The van der Waals surface area contributed by atoms with E-state index in [-0.39, 0.29) is 28.6 Å². The summed E-state index contributed by atoms with van der Waals surface area (Å²) in [6.07, 6.45) is 4.60. The minimum absolute atomic E-state index is 0. The molecule has 0 amide bonds. The van der Waals surface area contributed by atoms with Gasteiger partial charge in [-0.25, -0.2) is 0 Å². The zero-order chi connectivity index (χ0) is 21.1. The van der Waals surface area contributed by atoms with Gasteiger partial charge in [0.2, 0.25) is 0 Å². The number of benzene rings is 2. The summed E-state index contributed by atoms with van der Waals surface area (Å²) in [6.45, 7) is 3.14. The average molecular weight is 453 g/mol. The van der Waals surface area contributed by atoms with Gasteiger partial charge in [-0.1, -0.05) is 24.3 Å². The van der Waals surface area contributed by atoms with Crippen LogP contribution in [-0.2, 0) is 39.4 Å². The monoisotopic (exact) mass is 453 g/mol. The van der Waals surface area contributed by atoms with Gasteiger partial charge < -0.3 is 20.1 Å². The fourth-order valence-electron chi connectivity index (χ4n) is 2.74. The molecule has 4 bridgehead atoms. The Morgan fingerprint density at radius 1 is 0.867 bits per heavy atom. The smallest absolute Gasteiger partial charge is 0.507 e. The van der Waals surface area contributed by atoms with E-state index in [9.17, 15) is 10.2 Å². The Labute approximate surface area is 186 Å². The largest absolute Gasteiger partial charge is 2.00 e. The SMILES string of the molecule is CC(=O)O.Oc1c2cccc1CCOCCc1cccc(c1O)C=NCCN=C2.[Mn+2]. The van der Waals surface area contributed by atoms with Crippen molar-refractivity contribution in [1.82, 2.24) is 0 Å². The fourth-order valence-corrected chi connectivity index (χ4v) is 2.74. The molecule has 159 valence electrons. The minimum atomic E-state index is -0.833. The third kappa shape index (κ3) is 8.37. The van der Waals surface area contributed by atoms with Crippen LogP contribution < -0.4 is 0 Å². The topological polar surface area (TPSA) is 112 Å². The number of ether oxygens (including phenoxy) is 1. The fraction of sp³-hybridized carbons (Fsp3) is 0.318. The molecule has 3 N–H and O–H groups in total. The number of aliphatic imine (C=N–C) groups is 2. The van der Waals surface area contributed by atoms with Crippen molar-refractivity contribution in [2.45, 2.75) is 19.8 Å². The molecule has 0 saturated heterocycles. The van der Waals surface area contributed by atoms with Crippen LogP contribution in [0.5, 0.6) is 11.5 Å². The van der Waals surface area contributed by atoms with Gasteiger partial charge in [0.05, 0.1) is 26.3 Å². The van der Waals surface area contributed by atoms with Crippen LogP contribution in [0.25, 0.3) is 0 Å². The molecule has 0 atom stereocenters. The Morgan fingerprint density at radius 3 is 1.67 bits per heavy atom. The van der Waals surface area contributed by atoms with E-state index in [1.165, 1.54) is 0 Å². The maximum atomic E-state index is 10.3. The second-order valence-electron chi connectivity index (χ2n) is 6.41. The zero-order valence-corrected chi connectivity index (χ0v) is 18.0. The van der Waals surface area contributed by atoms with E-state index >= 15 is 0 Å². The summed E-state index contributed by atoms with van der Waals surface area (Å²) in [5, 5.41) is 28.1. The van der Waals surface area contributed by atoms with Gasteiger partial charge in [-0.05, 0) is 36.1 Å². The summed E-state index contributed by atoms with van der Waals surface area (Å²) in [6, 6.07) is 11.3. The summed E-state index contributed by atoms with van der Waals surface area (Å²) >= 11 is 0. The summed E-state index contributed by atoms with van der Waals surface area (Å²) in [4.78, 5) is 17.6. The maximum Gasteiger partial charge on any atom is 2.00 e. The zero-order valence-electron chi connectivity index (χ0n) is 16.8. The number of rotatable bonds is 0. The Hall–Kier alpha value is -2.67. The van der Waals surface area contributed by atoms with Crippen LogP contribution in [0, 0.1) is 0 Å². The van der Waals surface area contributed by atoms with Crippen LogP contribution >= 0.6 is 0 Å². The Balaban J connectivity index is 0.000000827. The first-order valence-corrected chi connectivity index (χ1v) is 9.37. The van der Waals surface area contributed by atoms with Crippen molar-refractivity contribution in [3.05, 3.63) is 58.7 Å². The number of fused-ring (bicyclic) bond motifs is 4. The summed E-state index contributed by atoms with van der Waals surface area (Å²) in [5.74, 6) is -0.320. The van der Waals surface area contributed by atoms with E-state index in [0.29, 0.717) is 50.3 Å². The molecule has 1 aliphatic rings. The van der Waals surface area contributed by atoms with Crippen molar-refractivity contribution in [1.29, 1.82) is 0 Å². The van der Waals surface area contributed by atoms with Gasteiger partial charge in [-0.3, -0.25) is 14.8 Å². The molecule has 8 heteroatoms. The molecular formula is C22H26MnN2O5+2. The molecular weight excluding hydrogens is 427 g/mol. The summed E-state index contributed by atoms with van der Waals surface area (Å²) < 4.78 is 5.67. The van der Waals surface area contributed by atoms with Crippen molar-refractivity contribution >= 4 is 18.4 Å². The van der Waals surface area contributed by atoms with Gasteiger partial charge in [0, 0.05) is 30.5 Å². The van der Waals surface area contributed by atoms with Crippen LogP contribution in [0.2, 0.25) is 0 Å². The molecule has 1 radical (unpaired) electrons. The number of aliphatic carboxylic acids is 1. The number of carboxylic acid groups (broad SMARTS) is 1. The molecule has 0 unspecified atom stereocenters. The van der Waals surface area contributed by atoms with Crippen LogP contribution in [0.15, 0.2) is 46.4 Å². The number of carboxylic acids is 1. The van der Waals surface area contributed by atoms with E-state index in [1.807, 2.05) is 36.4 Å². The van der Waals surface area contributed by atoms with E-state index in [2.05, 4.69) is 9.98 Å². The van der Waals surface area contributed by atoms with Crippen LogP contribution in [0.4, 0.5) is 0 Å². The van der Waals surface area contributed by atoms with Crippen LogP contribution in [0.1, 0.15) is 29.2 Å².